The van der Waals surface area contributed by atoms with Crippen LogP contribution in [0.15, 0.2) is 60.9 Å². The van der Waals surface area contributed by atoms with Gasteiger partial charge >= 0.3 is 0 Å². The highest BCUT2D eigenvalue weighted by Crippen LogP contribution is 2.40. The Bertz CT molecular complexity index is 1550. The van der Waals surface area contributed by atoms with E-state index in [0.29, 0.717) is 0 Å². The lowest BCUT2D eigenvalue weighted by Crippen LogP contribution is -1.88. The number of unbranched alkanes of at least 4 members (excludes halogenated alkanes) is 3. The summed E-state index contributed by atoms with van der Waals surface area (Å²) in [6.45, 7) is 4.44. The second-order valence-corrected chi connectivity index (χ2v) is 13.5. The molecule has 0 spiro atoms. The molecule has 6 aromatic heterocycles. The summed E-state index contributed by atoms with van der Waals surface area (Å²) in [6.07, 6.45) is 10.3. The van der Waals surface area contributed by atoms with Crippen LogP contribution in [0.25, 0.3) is 51.1 Å². The van der Waals surface area contributed by atoms with Gasteiger partial charge in [0, 0.05) is 50.7 Å². The fourth-order valence-corrected chi connectivity index (χ4v) is 9.20. The summed E-state index contributed by atoms with van der Waals surface area (Å²) in [5, 5.41) is 0. The molecule has 0 fully saturated rings. The molecule has 0 saturated heterocycles. The van der Waals surface area contributed by atoms with Crippen LogP contribution in [0.1, 0.15) is 42.4 Å². The summed E-state index contributed by atoms with van der Waals surface area (Å²) in [5.74, 6) is 0. The number of pyridine rings is 2. The molecule has 2 nitrogen and oxygen atoms in total. The van der Waals surface area contributed by atoms with Gasteiger partial charge in [-0.25, -0.2) is 0 Å². The molecule has 0 aromatic carbocycles. The predicted octanol–water partition coefficient (Wildman–Crippen LogP) is 10.5. The number of aryl methyl sites for hydroxylation is 2. The number of hydrogen-bond acceptors (Lipinski definition) is 6. The summed E-state index contributed by atoms with van der Waals surface area (Å²) >= 11 is 7.56. The van der Waals surface area contributed by atoms with Crippen molar-refractivity contribution in [3.63, 3.8) is 0 Å². The van der Waals surface area contributed by atoms with E-state index in [9.17, 15) is 0 Å². The smallest absolute Gasteiger partial charge is 0.0892 e. The molecule has 6 rings (SSSR count). The Morgan fingerprint density at radius 1 is 0.629 bits per heavy atom. The lowest BCUT2D eigenvalue weighted by Gasteiger charge is -2.05. The van der Waals surface area contributed by atoms with E-state index in [1.165, 1.54) is 81.5 Å². The van der Waals surface area contributed by atoms with Crippen LogP contribution in [0.5, 0.6) is 0 Å². The Morgan fingerprint density at radius 3 is 1.83 bits per heavy atom. The van der Waals surface area contributed by atoms with Gasteiger partial charge in [-0.15, -0.1) is 45.3 Å². The minimum absolute atomic E-state index is 0.921. The van der Waals surface area contributed by atoms with Gasteiger partial charge in [0.2, 0.25) is 0 Å². The van der Waals surface area contributed by atoms with Crippen LogP contribution < -0.4 is 0 Å². The highest BCUT2D eigenvalue weighted by atomic mass is 32.1. The van der Waals surface area contributed by atoms with Gasteiger partial charge in [-0.1, -0.05) is 26.2 Å². The molecule has 0 amide bonds. The maximum absolute atomic E-state index is 4.67. The second-order valence-electron chi connectivity index (χ2n) is 8.92. The first-order valence-corrected chi connectivity index (χ1v) is 15.4. The van der Waals surface area contributed by atoms with Gasteiger partial charge < -0.3 is 0 Å². The van der Waals surface area contributed by atoms with Crippen molar-refractivity contribution in [3.8, 4) is 32.3 Å². The molecule has 0 bridgehead atoms. The first-order chi connectivity index (χ1) is 17.2. The normalized spacial score (nSPS) is 11.7. The zero-order valence-electron chi connectivity index (χ0n) is 19.8. The van der Waals surface area contributed by atoms with Crippen LogP contribution in [0, 0.1) is 6.92 Å². The van der Waals surface area contributed by atoms with Crippen molar-refractivity contribution in [2.24, 2.45) is 0 Å². The van der Waals surface area contributed by atoms with E-state index >= 15 is 0 Å². The van der Waals surface area contributed by atoms with E-state index < -0.39 is 0 Å². The summed E-state index contributed by atoms with van der Waals surface area (Å²) in [4.78, 5) is 14.8. The van der Waals surface area contributed by atoms with Gasteiger partial charge in [-0.05, 0) is 79.4 Å². The van der Waals surface area contributed by atoms with Gasteiger partial charge in [0.05, 0.1) is 11.4 Å². The van der Waals surface area contributed by atoms with Crippen molar-refractivity contribution in [2.45, 2.75) is 46.0 Å². The average molecular weight is 531 g/mol. The van der Waals surface area contributed by atoms with Crippen LogP contribution in [0.3, 0.4) is 0 Å². The summed E-state index contributed by atoms with van der Waals surface area (Å²) in [6, 6.07) is 17.9. The molecule has 6 aromatic rings. The van der Waals surface area contributed by atoms with E-state index in [1.54, 1.807) is 0 Å². The zero-order chi connectivity index (χ0) is 23.8. The van der Waals surface area contributed by atoms with E-state index in [0.717, 1.165) is 11.4 Å². The van der Waals surface area contributed by atoms with Gasteiger partial charge in [0.25, 0.3) is 0 Å². The zero-order valence-corrected chi connectivity index (χ0v) is 23.1. The van der Waals surface area contributed by atoms with E-state index in [1.807, 2.05) is 57.7 Å². The highest BCUT2D eigenvalue weighted by molar-refractivity contribution is 7.30. The lowest BCUT2D eigenvalue weighted by molar-refractivity contribution is 0.670. The van der Waals surface area contributed by atoms with Crippen LogP contribution in [-0.4, -0.2) is 9.97 Å². The molecule has 6 heterocycles. The molecular weight excluding hydrogens is 505 g/mol. The van der Waals surface area contributed by atoms with Gasteiger partial charge in [-0.2, -0.15) is 0 Å². The van der Waals surface area contributed by atoms with Gasteiger partial charge in [0.15, 0.2) is 0 Å². The topological polar surface area (TPSA) is 25.8 Å². The Hall–Kier alpha value is -2.38. The molecule has 0 aliphatic carbocycles. The maximum atomic E-state index is 4.67. The minimum Gasteiger partial charge on any atom is -0.255 e. The number of hydrogen-bond donors (Lipinski definition) is 0. The predicted molar refractivity (Wildman–Crippen MR) is 157 cm³/mol. The molecule has 0 saturated carbocycles. The fourth-order valence-electron chi connectivity index (χ4n) is 4.42. The number of fused-ring (bicyclic) bond motifs is 2. The van der Waals surface area contributed by atoms with E-state index in [-0.39, 0.29) is 0 Å². The standard InChI is InChI=1S/C29H26N2S4/c1-3-4-5-6-7-21-15-27-29(33-21)17-25(35-27)20-9-11-31-23(14-20)22-13-19(8-10-30-22)24-16-28-26(34-24)12-18(2)32-28/h8-17H,3-7H2,1-2H3. The third-order valence-electron chi connectivity index (χ3n) is 6.22. The molecule has 0 aliphatic rings. The fraction of sp³-hybridized carbons (Fsp3) is 0.241. The van der Waals surface area contributed by atoms with Crippen LogP contribution >= 0.6 is 45.3 Å². The molecule has 176 valence electrons. The largest absolute Gasteiger partial charge is 0.255 e. The summed E-state index contributed by atoms with van der Waals surface area (Å²) in [7, 11) is 0. The van der Waals surface area contributed by atoms with Crippen molar-refractivity contribution in [1.29, 1.82) is 0 Å². The van der Waals surface area contributed by atoms with Gasteiger partial charge in [0.1, 0.15) is 0 Å². The molecular formula is C29H26N2S4. The number of rotatable bonds is 8. The third kappa shape index (κ3) is 4.85. The molecule has 35 heavy (non-hydrogen) atoms. The minimum atomic E-state index is 0.921. The van der Waals surface area contributed by atoms with Crippen molar-refractivity contribution in [1.82, 2.24) is 9.97 Å². The van der Waals surface area contributed by atoms with Crippen molar-refractivity contribution >= 4 is 64.1 Å². The second kappa shape index (κ2) is 9.94. The highest BCUT2D eigenvalue weighted by Gasteiger charge is 2.12. The van der Waals surface area contributed by atoms with Crippen molar-refractivity contribution in [3.05, 3.63) is 70.7 Å². The SMILES string of the molecule is CCCCCCc1cc2sc(-c3ccnc(-c4cc(-c5cc6sc(C)cc6s5)ccn4)c3)cc2s1. The number of nitrogens with zero attached hydrogens (tertiary/aromatic N) is 2. The van der Waals surface area contributed by atoms with Gasteiger partial charge in [-0.3, -0.25) is 9.97 Å². The Kier molecular flexibility index (Phi) is 6.54. The lowest BCUT2D eigenvalue weighted by atomic mass is 10.1. The van der Waals surface area contributed by atoms with E-state index in [2.05, 4.69) is 72.3 Å². The summed E-state index contributed by atoms with van der Waals surface area (Å²) in [5.41, 5.74) is 4.26. The maximum Gasteiger partial charge on any atom is 0.0892 e. The monoisotopic (exact) mass is 530 g/mol. The van der Waals surface area contributed by atoms with Crippen LogP contribution in [0.2, 0.25) is 0 Å². The quantitative estimate of drug-likeness (QED) is 0.183. The third-order valence-corrected chi connectivity index (χ3v) is 10.9. The van der Waals surface area contributed by atoms with Crippen molar-refractivity contribution in [2.75, 3.05) is 0 Å². The number of aromatic nitrogens is 2. The molecule has 0 unspecified atom stereocenters. The van der Waals surface area contributed by atoms with Crippen molar-refractivity contribution < 1.29 is 0 Å². The molecule has 0 radical (unpaired) electrons. The first kappa shape index (κ1) is 23.0. The van der Waals surface area contributed by atoms with Crippen LogP contribution in [0.4, 0.5) is 0 Å². The Balaban J connectivity index is 1.25. The molecule has 0 N–H and O–H groups in total. The summed E-state index contributed by atoms with van der Waals surface area (Å²) < 4.78 is 5.54. The molecule has 0 aliphatic heterocycles. The van der Waals surface area contributed by atoms with E-state index in [4.69, 9.17) is 0 Å². The Morgan fingerprint density at radius 2 is 1.23 bits per heavy atom. The van der Waals surface area contributed by atoms with Crippen LogP contribution in [-0.2, 0) is 6.42 Å². The molecule has 0 atom stereocenters. The molecule has 6 heteroatoms. The first-order valence-electron chi connectivity index (χ1n) is 12.1. The average Bonchev–Trinajstić information content (AvgIpc) is 3.61. The number of thiophene rings is 4. The Labute approximate surface area is 222 Å².